The Hall–Kier alpha value is -0.940. The summed E-state index contributed by atoms with van der Waals surface area (Å²) in [5.41, 5.74) is 6.32. The van der Waals surface area contributed by atoms with Gasteiger partial charge in [0.2, 0.25) is 0 Å². The van der Waals surface area contributed by atoms with Crippen molar-refractivity contribution in [2.75, 3.05) is 11.9 Å². The summed E-state index contributed by atoms with van der Waals surface area (Å²) >= 11 is 9.36. The van der Waals surface area contributed by atoms with E-state index in [1.165, 1.54) is 0 Å². The van der Waals surface area contributed by atoms with E-state index in [1.54, 1.807) is 0 Å². The number of hydrogen-bond donors (Lipinski definition) is 3. The molecular formula is C13H19BrClN3O. The van der Waals surface area contributed by atoms with E-state index in [-0.39, 0.29) is 11.3 Å². The van der Waals surface area contributed by atoms with E-state index in [4.69, 9.17) is 22.5 Å². The fraction of sp³-hybridized carbons (Fsp3) is 0.462. The lowest BCUT2D eigenvalue weighted by Gasteiger charge is -2.22. The van der Waals surface area contributed by atoms with Crippen molar-refractivity contribution in [1.29, 1.82) is 0 Å². The molecule has 1 aromatic rings. The van der Waals surface area contributed by atoms with Crippen molar-refractivity contribution in [2.24, 2.45) is 16.3 Å². The molecule has 106 valence electrons. The fourth-order valence-electron chi connectivity index (χ4n) is 1.63. The molecule has 6 heteroatoms. The second kappa shape index (κ2) is 7.01. The fourth-order valence-corrected chi connectivity index (χ4v) is 2.06. The van der Waals surface area contributed by atoms with Crippen molar-refractivity contribution in [3.8, 4) is 0 Å². The van der Waals surface area contributed by atoms with Crippen molar-refractivity contribution in [1.82, 2.24) is 0 Å². The van der Waals surface area contributed by atoms with Gasteiger partial charge in [0.15, 0.2) is 0 Å². The molecule has 0 aliphatic heterocycles. The van der Waals surface area contributed by atoms with E-state index in [9.17, 15) is 0 Å². The third kappa shape index (κ3) is 4.91. The van der Waals surface area contributed by atoms with Gasteiger partial charge in [-0.05, 0) is 47.0 Å². The average Bonchev–Trinajstić information content (AvgIpc) is 2.37. The molecule has 0 atom stereocenters. The molecule has 0 unspecified atom stereocenters. The van der Waals surface area contributed by atoms with Gasteiger partial charge < -0.3 is 16.3 Å². The molecule has 0 fully saturated rings. The van der Waals surface area contributed by atoms with Crippen molar-refractivity contribution in [3.63, 3.8) is 0 Å². The average molecular weight is 349 g/mol. The van der Waals surface area contributed by atoms with Gasteiger partial charge >= 0.3 is 0 Å². The Kier molecular flexibility index (Phi) is 5.94. The summed E-state index contributed by atoms with van der Waals surface area (Å²) in [6.45, 7) is 4.72. The zero-order valence-electron chi connectivity index (χ0n) is 11.1. The van der Waals surface area contributed by atoms with Gasteiger partial charge in [-0.2, -0.15) is 0 Å². The molecule has 0 saturated heterocycles. The largest absolute Gasteiger partial charge is 0.409 e. The number of oxime groups is 1. The smallest absolute Gasteiger partial charge is 0.144 e. The predicted octanol–water partition coefficient (Wildman–Crippen LogP) is 4.07. The van der Waals surface area contributed by atoms with Crippen LogP contribution in [0.5, 0.6) is 0 Å². The second-order valence-electron chi connectivity index (χ2n) is 5.03. The van der Waals surface area contributed by atoms with E-state index >= 15 is 0 Å². The zero-order chi connectivity index (χ0) is 14.5. The molecule has 1 rings (SSSR count). The van der Waals surface area contributed by atoms with E-state index < -0.39 is 0 Å². The highest BCUT2D eigenvalue weighted by molar-refractivity contribution is 9.10. The topological polar surface area (TPSA) is 70.6 Å². The predicted molar refractivity (Wildman–Crippen MR) is 84.1 cm³/mol. The lowest BCUT2D eigenvalue weighted by molar-refractivity contribution is 0.305. The molecule has 0 aliphatic carbocycles. The maximum absolute atomic E-state index is 8.69. The number of nitrogens with zero attached hydrogens (tertiary/aromatic N) is 1. The van der Waals surface area contributed by atoms with Gasteiger partial charge in [-0.1, -0.05) is 30.6 Å². The number of anilines is 1. The van der Waals surface area contributed by atoms with Gasteiger partial charge in [-0.25, -0.2) is 0 Å². The minimum atomic E-state index is -0.298. The number of rotatable bonds is 6. The Morgan fingerprint density at radius 1 is 1.53 bits per heavy atom. The Morgan fingerprint density at radius 3 is 2.79 bits per heavy atom. The van der Waals surface area contributed by atoms with Crippen LogP contribution < -0.4 is 11.1 Å². The van der Waals surface area contributed by atoms with E-state index in [2.05, 4.69) is 26.4 Å². The van der Waals surface area contributed by atoms with E-state index in [0.717, 1.165) is 29.5 Å². The van der Waals surface area contributed by atoms with Gasteiger partial charge in [0, 0.05) is 22.1 Å². The van der Waals surface area contributed by atoms with Gasteiger partial charge in [-0.3, -0.25) is 0 Å². The summed E-state index contributed by atoms with van der Waals surface area (Å²) in [5, 5.41) is 15.7. The number of hydrogen-bond acceptors (Lipinski definition) is 3. The molecule has 0 spiro atoms. The molecular weight excluding hydrogens is 330 g/mol. The summed E-state index contributed by atoms with van der Waals surface area (Å²) in [4.78, 5) is 0. The van der Waals surface area contributed by atoms with E-state index in [0.29, 0.717) is 5.02 Å². The maximum atomic E-state index is 8.69. The number of nitrogens with two attached hydrogens (primary N) is 1. The zero-order valence-corrected chi connectivity index (χ0v) is 13.4. The molecule has 4 N–H and O–H groups in total. The molecule has 0 aromatic heterocycles. The number of benzene rings is 1. The minimum Gasteiger partial charge on any atom is -0.409 e. The molecule has 0 heterocycles. The van der Waals surface area contributed by atoms with Crippen LogP contribution in [0.3, 0.4) is 0 Å². The summed E-state index contributed by atoms with van der Waals surface area (Å²) in [6, 6.07) is 5.75. The quantitative estimate of drug-likeness (QED) is 0.239. The van der Waals surface area contributed by atoms with Crippen LogP contribution in [0.2, 0.25) is 5.02 Å². The minimum absolute atomic E-state index is 0.263. The van der Waals surface area contributed by atoms with Crippen LogP contribution in [0.15, 0.2) is 27.8 Å². The first kappa shape index (κ1) is 16.1. The van der Waals surface area contributed by atoms with Crippen molar-refractivity contribution >= 4 is 39.1 Å². The summed E-state index contributed by atoms with van der Waals surface area (Å²) in [6.07, 6.45) is 1.75. The molecule has 1 aromatic carbocycles. The normalized spacial score (nSPS) is 12.5. The van der Waals surface area contributed by atoms with Gasteiger partial charge in [0.05, 0.1) is 5.02 Å². The lowest BCUT2D eigenvalue weighted by atomic mass is 9.86. The highest BCUT2D eigenvalue weighted by Crippen LogP contribution is 2.26. The molecule has 0 saturated carbocycles. The highest BCUT2D eigenvalue weighted by Gasteiger charge is 2.22. The van der Waals surface area contributed by atoms with Crippen LogP contribution >= 0.6 is 27.5 Å². The Morgan fingerprint density at radius 2 is 2.21 bits per heavy atom. The van der Waals surface area contributed by atoms with Crippen molar-refractivity contribution < 1.29 is 5.21 Å². The third-order valence-corrected chi connectivity index (χ3v) is 4.26. The van der Waals surface area contributed by atoms with E-state index in [1.807, 2.05) is 32.0 Å². The number of halogens is 2. The maximum Gasteiger partial charge on any atom is 0.144 e. The standard InChI is InChI=1S/C13H19BrClN3O/c1-13(2,12(16)18-19)6-3-7-17-9-4-5-10(14)11(15)8-9/h4-5,8,17,19H,3,6-7H2,1-2H3,(H2,16,18). The molecule has 19 heavy (non-hydrogen) atoms. The molecule has 0 radical (unpaired) electrons. The number of nitrogens with one attached hydrogen (secondary N) is 1. The summed E-state index contributed by atoms with van der Waals surface area (Å²) in [5.74, 6) is 0.263. The van der Waals surface area contributed by atoms with Crippen LogP contribution in [0, 0.1) is 5.41 Å². The third-order valence-electron chi connectivity index (χ3n) is 3.03. The van der Waals surface area contributed by atoms with Crippen LogP contribution in [-0.4, -0.2) is 17.6 Å². The van der Waals surface area contributed by atoms with Gasteiger partial charge in [0.25, 0.3) is 0 Å². The van der Waals surface area contributed by atoms with Crippen LogP contribution in [0.4, 0.5) is 5.69 Å². The molecule has 4 nitrogen and oxygen atoms in total. The lowest BCUT2D eigenvalue weighted by Crippen LogP contribution is -2.32. The monoisotopic (exact) mass is 347 g/mol. The highest BCUT2D eigenvalue weighted by atomic mass is 79.9. The molecule has 0 bridgehead atoms. The van der Waals surface area contributed by atoms with Crippen LogP contribution in [0.1, 0.15) is 26.7 Å². The summed E-state index contributed by atoms with van der Waals surface area (Å²) < 4.78 is 0.882. The van der Waals surface area contributed by atoms with Crippen molar-refractivity contribution in [3.05, 3.63) is 27.7 Å². The first-order valence-electron chi connectivity index (χ1n) is 6.04. The van der Waals surface area contributed by atoms with Crippen LogP contribution in [0.25, 0.3) is 0 Å². The van der Waals surface area contributed by atoms with Gasteiger partial charge in [-0.15, -0.1) is 0 Å². The first-order chi connectivity index (χ1) is 8.86. The van der Waals surface area contributed by atoms with Gasteiger partial charge in [0.1, 0.15) is 5.84 Å². The number of amidine groups is 1. The Balaban J connectivity index is 2.41. The second-order valence-corrected chi connectivity index (χ2v) is 6.29. The van der Waals surface area contributed by atoms with Crippen molar-refractivity contribution in [2.45, 2.75) is 26.7 Å². The SMILES string of the molecule is CC(C)(CCCNc1ccc(Br)c(Cl)c1)/C(N)=N/O. The van der Waals surface area contributed by atoms with Crippen LogP contribution in [-0.2, 0) is 0 Å². The molecule has 0 aliphatic rings. The Labute approximate surface area is 127 Å². The first-order valence-corrected chi connectivity index (χ1v) is 7.21. The molecule has 0 amide bonds. The Bertz CT molecular complexity index is 463. The summed E-state index contributed by atoms with van der Waals surface area (Å²) in [7, 11) is 0.